The minimum absolute atomic E-state index is 0.0844. The fourth-order valence-corrected chi connectivity index (χ4v) is 3.46. The highest BCUT2D eigenvalue weighted by Gasteiger charge is 2.29. The molecule has 1 unspecified atom stereocenters. The predicted octanol–water partition coefficient (Wildman–Crippen LogP) is 1.65. The summed E-state index contributed by atoms with van der Waals surface area (Å²) in [5.41, 5.74) is -0.380. The highest BCUT2D eigenvalue weighted by Crippen LogP contribution is 2.34. The summed E-state index contributed by atoms with van der Waals surface area (Å²) >= 11 is 1.37. The van der Waals surface area contributed by atoms with Crippen LogP contribution in [0.1, 0.15) is 22.7 Å². The Morgan fingerprint density at radius 2 is 2.12 bits per heavy atom. The molecule has 2 atom stereocenters. The Kier molecular flexibility index (Phi) is 5.69. The van der Waals surface area contributed by atoms with Gasteiger partial charge in [0, 0.05) is 13.1 Å². The van der Waals surface area contributed by atoms with Gasteiger partial charge in [-0.3, -0.25) is 9.36 Å². The molecule has 1 aromatic heterocycles. The molecule has 2 aromatic rings. The van der Waals surface area contributed by atoms with Crippen molar-refractivity contribution < 1.29 is 19.1 Å². The lowest BCUT2D eigenvalue weighted by atomic mass is 10.2. The van der Waals surface area contributed by atoms with Crippen LogP contribution >= 0.6 is 11.8 Å². The van der Waals surface area contributed by atoms with E-state index >= 15 is 0 Å². The molecule has 8 nitrogen and oxygen atoms in total. The maximum absolute atomic E-state index is 12.1. The van der Waals surface area contributed by atoms with Crippen LogP contribution in [0.25, 0.3) is 0 Å². The molecule has 0 spiro atoms. The minimum atomic E-state index is -0.487. The number of nitrogens with zero attached hydrogens (tertiary/aromatic N) is 2. The van der Waals surface area contributed by atoms with Gasteiger partial charge in [-0.25, -0.2) is 9.59 Å². The minimum Gasteiger partial charge on any atom is -0.458 e. The van der Waals surface area contributed by atoms with Crippen molar-refractivity contribution in [1.29, 1.82) is 0 Å². The number of carbonyl (C=O) groups excluding carboxylic acids is 2. The van der Waals surface area contributed by atoms with Crippen LogP contribution in [0.5, 0.6) is 0 Å². The highest BCUT2D eigenvalue weighted by molar-refractivity contribution is 8.00. The number of nitrogens with one attached hydrogen (secondary N) is 1. The molecule has 26 heavy (non-hydrogen) atoms. The second-order valence-corrected chi connectivity index (χ2v) is 6.84. The first-order valence-corrected chi connectivity index (χ1v) is 8.83. The summed E-state index contributed by atoms with van der Waals surface area (Å²) in [7, 11) is 0. The number of thioether (sulfide) groups is 1. The van der Waals surface area contributed by atoms with E-state index in [0.29, 0.717) is 12.2 Å². The Bertz CT molecular complexity index is 855. The highest BCUT2D eigenvalue weighted by atomic mass is 32.2. The SMILES string of the molecule is CC(=O)Nc1ccn([C@H]2COC(COC(=O)c3ccccc3)S2)c(=O)n1. The van der Waals surface area contributed by atoms with Gasteiger partial charge in [0.05, 0.1) is 12.2 Å². The molecule has 136 valence electrons. The summed E-state index contributed by atoms with van der Waals surface area (Å²) in [6.07, 6.45) is 1.56. The van der Waals surface area contributed by atoms with Gasteiger partial charge in [0.1, 0.15) is 23.2 Å². The average Bonchev–Trinajstić information content (AvgIpc) is 3.08. The zero-order valence-corrected chi connectivity index (χ0v) is 14.8. The first kappa shape index (κ1) is 18.2. The number of amides is 1. The van der Waals surface area contributed by atoms with Crippen LogP contribution in [0.15, 0.2) is 47.4 Å². The summed E-state index contributed by atoms with van der Waals surface area (Å²) in [5.74, 6) is -0.513. The molecule has 1 saturated heterocycles. The van der Waals surface area contributed by atoms with Crippen molar-refractivity contribution in [2.75, 3.05) is 18.5 Å². The summed E-state index contributed by atoms with van der Waals surface area (Å²) in [6.45, 7) is 1.72. The number of ether oxygens (including phenoxy) is 2. The van der Waals surface area contributed by atoms with E-state index < -0.39 is 11.7 Å². The van der Waals surface area contributed by atoms with Crippen molar-refractivity contribution in [3.63, 3.8) is 0 Å². The van der Waals surface area contributed by atoms with E-state index in [4.69, 9.17) is 9.47 Å². The number of anilines is 1. The summed E-state index contributed by atoms with van der Waals surface area (Å²) < 4.78 is 12.3. The van der Waals surface area contributed by atoms with Crippen molar-refractivity contribution in [3.05, 3.63) is 58.6 Å². The molecule has 1 fully saturated rings. The third-order valence-electron chi connectivity index (χ3n) is 3.54. The normalized spacial score (nSPS) is 19.1. The van der Waals surface area contributed by atoms with E-state index in [-0.39, 0.29) is 29.1 Å². The van der Waals surface area contributed by atoms with Crippen molar-refractivity contribution in [1.82, 2.24) is 9.55 Å². The van der Waals surface area contributed by atoms with E-state index in [2.05, 4.69) is 10.3 Å². The predicted molar refractivity (Wildman–Crippen MR) is 95.9 cm³/mol. The first-order valence-electron chi connectivity index (χ1n) is 7.89. The molecule has 1 aliphatic rings. The molecular formula is C17H17N3O5S. The molecule has 0 radical (unpaired) electrons. The van der Waals surface area contributed by atoms with Crippen LogP contribution in [-0.4, -0.2) is 40.1 Å². The zero-order valence-electron chi connectivity index (χ0n) is 14.0. The van der Waals surface area contributed by atoms with Gasteiger partial charge in [0.2, 0.25) is 5.91 Å². The van der Waals surface area contributed by atoms with Crippen LogP contribution in [-0.2, 0) is 14.3 Å². The van der Waals surface area contributed by atoms with Gasteiger partial charge >= 0.3 is 11.7 Å². The molecular weight excluding hydrogens is 358 g/mol. The molecule has 3 rings (SSSR count). The Morgan fingerprint density at radius 1 is 1.35 bits per heavy atom. The number of carbonyl (C=O) groups is 2. The standard InChI is InChI=1S/C17H17N3O5S/c1-11(21)18-13-7-8-20(17(23)19-13)14-9-24-15(26-14)10-25-16(22)12-5-3-2-4-6-12/h2-8,14-15H,9-10H2,1H3,(H,18,19,21,23)/t14-,15?/m1/s1. The average molecular weight is 375 g/mol. The van der Waals surface area contributed by atoms with Crippen LogP contribution in [0, 0.1) is 0 Å². The smallest absolute Gasteiger partial charge is 0.350 e. The van der Waals surface area contributed by atoms with Crippen molar-refractivity contribution in [2.45, 2.75) is 17.7 Å². The maximum atomic E-state index is 12.1. The van der Waals surface area contributed by atoms with Crippen molar-refractivity contribution >= 4 is 29.5 Å². The van der Waals surface area contributed by atoms with Gasteiger partial charge in [-0.1, -0.05) is 30.0 Å². The Morgan fingerprint density at radius 3 is 2.81 bits per heavy atom. The van der Waals surface area contributed by atoms with Gasteiger partial charge in [0.15, 0.2) is 0 Å². The molecule has 1 amide bonds. The quantitative estimate of drug-likeness (QED) is 0.793. The van der Waals surface area contributed by atoms with Gasteiger partial charge in [-0.2, -0.15) is 4.98 Å². The maximum Gasteiger partial charge on any atom is 0.350 e. The lowest BCUT2D eigenvalue weighted by Gasteiger charge is -2.12. The molecule has 9 heteroatoms. The number of hydrogen-bond acceptors (Lipinski definition) is 7. The molecule has 0 aliphatic carbocycles. The topological polar surface area (TPSA) is 99.5 Å². The first-order chi connectivity index (χ1) is 12.5. The fraction of sp³-hybridized carbons (Fsp3) is 0.294. The summed E-state index contributed by atoms with van der Waals surface area (Å²) in [5, 5.41) is 2.19. The summed E-state index contributed by atoms with van der Waals surface area (Å²) in [4.78, 5) is 38.9. The zero-order chi connectivity index (χ0) is 18.5. The van der Waals surface area contributed by atoms with Gasteiger partial charge in [-0.05, 0) is 18.2 Å². The van der Waals surface area contributed by atoms with Crippen LogP contribution in [0.4, 0.5) is 5.82 Å². The molecule has 1 aliphatic heterocycles. The van der Waals surface area contributed by atoms with E-state index in [1.165, 1.54) is 23.3 Å². The van der Waals surface area contributed by atoms with Gasteiger partial charge < -0.3 is 14.8 Å². The summed E-state index contributed by atoms with van der Waals surface area (Å²) in [6, 6.07) is 10.2. The third-order valence-corrected chi connectivity index (χ3v) is 4.79. The van der Waals surface area contributed by atoms with E-state index in [1.807, 2.05) is 6.07 Å². The van der Waals surface area contributed by atoms with Crippen molar-refractivity contribution in [2.24, 2.45) is 0 Å². The Hall–Kier alpha value is -2.65. The van der Waals surface area contributed by atoms with Crippen molar-refractivity contribution in [3.8, 4) is 0 Å². The number of rotatable bonds is 5. The number of esters is 1. The van der Waals surface area contributed by atoms with Gasteiger partial charge in [-0.15, -0.1) is 0 Å². The lowest BCUT2D eigenvalue weighted by molar-refractivity contribution is -0.114. The third kappa shape index (κ3) is 4.50. The molecule has 0 bridgehead atoms. The monoisotopic (exact) mass is 375 g/mol. The lowest BCUT2D eigenvalue weighted by Crippen LogP contribution is -2.27. The van der Waals surface area contributed by atoms with E-state index in [1.54, 1.807) is 36.5 Å². The van der Waals surface area contributed by atoms with Gasteiger partial charge in [0.25, 0.3) is 0 Å². The van der Waals surface area contributed by atoms with E-state index in [0.717, 1.165) is 0 Å². The van der Waals surface area contributed by atoms with Crippen LogP contribution in [0.3, 0.4) is 0 Å². The Balaban J connectivity index is 1.56. The number of hydrogen-bond donors (Lipinski definition) is 1. The molecule has 0 saturated carbocycles. The van der Waals surface area contributed by atoms with E-state index in [9.17, 15) is 14.4 Å². The number of aromatic nitrogens is 2. The molecule has 1 aromatic carbocycles. The van der Waals surface area contributed by atoms with Crippen LogP contribution < -0.4 is 11.0 Å². The molecule has 2 heterocycles. The second kappa shape index (κ2) is 8.15. The fourth-order valence-electron chi connectivity index (χ4n) is 2.36. The molecule has 1 N–H and O–H groups in total. The number of benzene rings is 1. The largest absolute Gasteiger partial charge is 0.458 e. The second-order valence-electron chi connectivity index (χ2n) is 5.50. The Labute approximate surface area is 153 Å². The van der Waals surface area contributed by atoms with Crippen LogP contribution in [0.2, 0.25) is 0 Å².